The lowest BCUT2D eigenvalue weighted by molar-refractivity contribution is -0.152. The van der Waals surface area contributed by atoms with E-state index in [-0.39, 0.29) is 5.41 Å². The lowest BCUT2D eigenvalue weighted by Crippen LogP contribution is -2.29. The van der Waals surface area contributed by atoms with E-state index in [9.17, 15) is 28.8 Å². The largest absolute Gasteiger partial charge is 0.524 e. The minimum atomic E-state index is -1.42. The number of hydrogen-bond acceptors (Lipinski definition) is 14. The summed E-state index contributed by atoms with van der Waals surface area (Å²) in [4.78, 5) is 76.9. The number of thiophene rings is 4. The van der Waals surface area contributed by atoms with Crippen LogP contribution in [-0.2, 0) is 43.5 Å². The molecule has 10 nitrogen and oxygen atoms in total. The van der Waals surface area contributed by atoms with Crippen LogP contribution in [0.2, 0.25) is 0 Å². The van der Waals surface area contributed by atoms with Crippen LogP contribution in [0.15, 0.2) is 47.5 Å². The van der Waals surface area contributed by atoms with Crippen LogP contribution in [0, 0.1) is 0 Å². The van der Waals surface area contributed by atoms with E-state index in [0.717, 1.165) is 40.4 Å². The third-order valence-corrected chi connectivity index (χ3v) is 11.6. The molecule has 2 fully saturated rings. The third-order valence-electron chi connectivity index (χ3n) is 6.73. The van der Waals surface area contributed by atoms with Crippen LogP contribution in [0.25, 0.3) is 41.4 Å². The van der Waals surface area contributed by atoms with Gasteiger partial charge in [0.15, 0.2) is 0 Å². The first-order chi connectivity index (χ1) is 21.3. The first kappa shape index (κ1) is 25.0. The lowest BCUT2D eigenvalue weighted by atomic mass is 9.84. The molecule has 0 atom stereocenters. The highest BCUT2D eigenvalue weighted by molar-refractivity contribution is 7.29. The van der Waals surface area contributed by atoms with Crippen LogP contribution in [0.5, 0.6) is 0 Å². The van der Waals surface area contributed by atoms with Crippen LogP contribution in [0.1, 0.15) is 37.5 Å². The second-order valence-electron chi connectivity index (χ2n) is 9.72. The Kier molecular flexibility index (Phi) is 5.69. The molecule has 0 N–H and O–H groups in total. The number of esters is 4. The van der Waals surface area contributed by atoms with Gasteiger partial charge in [-0.3, -0.25) is 0 Å². The minimum Gasteiger partial charge on any atom is -0.356 e. The molecule has 14 heteroatoms. The van der Waals surface area contributed by atoms with E-state index in [1.54, 1.807) is 46.9 Å². The van der Waals surface area contributed by atoms with Crippen LogP contribution >= 0.6 is 45.3 Å². The molecule has 0 unspecified atom stereocenters. The molecule has 3 aliphatic rings. The fourth-order valence-corrected chi connectivity index (χ4v) is 9.45. The van der Waals surface area contributed by atoms with E-state index < -0.39 is 59.4 Å². The Morgan fingerprint density at radius 3 is 1.33 bits per heavy atom. The monoisotopic (exact) mass is 652 g/mol. The van der Waals surface area contributed by atoms with Gasteiger partial charge in [-0.05, 0) is 59.6 Å². The van der Waals surface area contributed by atoms with Crippen molar-refractivity contribution in [3.8, 4) is 29.3 Å². The fraction of sp³-hybridized carbons (Fsp3) is 0.103. The summed E-state index contributed by atoms with van der Waals surface area (Å²) >= 11 is 5.57. The number of carbonyl (C=O) groups is 6. The molecule has 0 spiro atoms. The summed E-state index contributed by atoms with van der Waals surface area (Å²) in [6.07, 6.45) is -2.84. The van der Waals surface area contributed by atoms with Crippen molar-refractivity contribution in [3.05, 3.63) is 68.4 Å². The zero-order chi connectivity index (χ0) is 31.9. The Morgan fingerprint density at radius 1 is 0.581 bits per heavy atom. The van der Waals surface area contributed by atoms with Crippen molar-refractivity contribution >= 4 is 93.6 Å². The van der Waals surface area contributed by atoms with Crippen molar-refractivity contribution in [2.45, 2.75) is 19.3 Å². The maximum atomic E-state index is 12.1. The highest BCUT2D eigenvalue weighted by atomic mass is 32.1. The predicted molar refractivity (Wildman–Crippen MR) is 157 cm³/mol. The van der Waals surface area contributed by atoms with Crippen molar-refractivity contribution in [2.24, 2.45) is 0 Å². The van der Waals surface area contributed by atoms with Gasteiger partial charge in [-0.2, -0.15) is 0 Å². The second-order valence-corrected chi connectivity index (χ2v) is 14.0. The summed E-state index contributed by atoms with van der Waals surface area (Å²) < 4.78 is 34.1. The van der Waals surface area contributed by atoms with E-state index in [1.165, 1.54) is 22.7 Å². The molecule has 0 amide bonds. The lowest BCUT2D eigenvalue weighted by Gasteiger charge is -2.19. The number of cyclic esters (lactones) is 8. The summed E-state index contributed by atoms with van der Waals surface area (Å²) in [5.41, 5.74) is 0.618. The Hall–Kier alpha value is -4.50. The highest BCUT2D eigenvalue weighted by Crippen LogP contribution is 2.58. The van der Waals surface area contributed by atoms with E-state index in [4.69, 9.17) is 2.74 Å². The zero-order valence-corrected chi connectivity index (χ0v) is 24.9. The van der Waals surface area contributed by atoms with Crippen molar-refractivity contribution < 1.29 is 50.5 Å². The zero-order valence-electron chi connectivity index (χ0n) is 23.7. The molecular formula is C29H14O10S4. The minimum absolute atomic E-state index is 0.328. The molecule has 0 radical (unpaired) electrons. The van der Waals surface area contributed by atoms with Gasteiger partial charge in [0.05, 0.1) is 2.74 Å². The molecule has 0 bridgehead atoms. The van der Waals surface area contributed by atoms with Gasteiger partial charge in [-0.15, -0.1) is 45.3 Å². The Morgan fingerprint density at radius 2 is 0.953 bits per heavy atom. The number of rotatable bonds is 4. The molecule has 0 saturated carbocycles. The average Bonchev–Trinajstić information content (AvgIpc) is 3.76. The molecule has 6 heterocycles. The van der Waals surface area contributed by atoms with E-state index in [2.05, 4.69) is 44.9 Å². The maximum Gasteiger partial charge on any atom is 0.524 e. The van der Waals surface area contributed by atoms with Crippen molar-refractivity contribution in [2.75, 3.05) is 0 Å². The van der Waals surface area contributed by atoms with Gasteiger partial charge in [0.1, 0.15) is 11.1 Å². The third kappa shape index (κ3) is 4.59. The van der Waals surface area contributed by atoms with Crippen LogP contribution in [0.4, 0.5) is 9.59 Å². The smallest absolute Gasteiger partial charge is 0.356 e. The van der Waals surface area contributed by atoms with E-state index >= 15 is 0 Å². The van der Waals surface area contributed by atoms with Crippen molar-refractivity contribution in [1.29, 1.82) is 0 Å². The standard InChI is InChI=1S/C29H14O10S4/c1-29(2)15-9-19(17-5-3-11(40-17)7-13-23(30)36-27(34)37-24(13)31)42-21(15)22-16(29)10-20(43-22)18-6-4-12(41-18)8-14-25(32)38-28(35)39-26(14)33/h3-10H,1-2H3/i7D,8D. The maximum absolute atomic E-state index is 12.1. The van der Waals surface area contributed by atoms with Gasteiger partial charge in [-0.1, -0.05) is 13.8 Å². The van der Waals surface area contributed by atoms with Crippen LogP contribution < -0.4 is 0 Å². The van der Waals surface area contributed by atoms with E-state index in [0.29, 0.717) is 9.75 Å². The summed E-state index contributed by atoms with van der Waals surface area (Å²) in [6.45, 7) is 4.23. The number of fused-ring (bicyclic) bond motifs is 3. The highest BCUT2D eigenvalue weighted by Gasteiger charge is 2.40. The van der Waals surface area contributed by atoms with Crippen molar-refractivity contribution in [3.63, 3.8) is 0 Å². The van der Waals surface area contributed by atoms with E-state index in [1.807, 2.05) is 0 Å². The molecule has 4 aromatic heterocycles. The summed E-state index contributed by atoms with van der Waals surface area (Å²) in [6, 6.07) is 10.2. The Bertz CT molecular complexity index is 1940. The molecule has 214 valence electrons. The molecule has 7 rings (SSSR count). The van der Waals surface area contributed by atoms with Gasteiger partial charge >= 0.3 is 36.2 Å². The number of ether oxygens (including phenoxy) is 4. The summed E-state index contributed by atoms with van der Waals surface area (Å²) in [5, 5.41) is 0. The molecule has 2 saturated heterocycles. The van der Waals surface area contributed by atoms with Gasteiger partial charge in [0.2, 0.25) is 0 Å². The second kappa shape index (κ2) is 9.77. The fourth-order valence-electron chi connectivity index (χ4n) is 4.68. The topological polar surface area (TPSA) is 139 Å². The van der Waals surface area contributed by atoms with Crippen LogP contribution in [-0.4, -0.2) is 36.2 Å². The van der Waals surface area contributed by atoms with Gasteiger partial charge < -0.3 is 18.9 Å². The predicted octanol–water partition coefficient (Wildman–Crippen LogP) is 6.78. The van der Waals surface area contributed by atoms with Gasteiger partial charge in [0.25, 0.3) is 0 Å². The summed E-state index contributed by atoms with van der Waals surface area (Å²) in [5.74, 6) is -4.90. The van der Waals surface area contributed by atoms with Gasteiger partial charge in [0, 0.05) is 44.4 Å². The first-order valence-corrected chi connectivity index (χ1v) is 15.5. The Balaban J connectivity index is 1.20. The van der Waals surface area contributed by atoms with Gasteiger partial charge in [-0.25, -0.2) is 28.8 Å². The molecular weight excluding hydrogens is 637 g/mol. The quantitative estimate of drug-likeness (QED) is 0.100. The molecule has 43 heavy (non-hydrogen) atoms. The summed E-state index contributed by atoms with van der Waals surface area (Å²) in [7, 11) is 0. The molecule has 1 aliphatic carbocycles. The van der Waals surface area contributed by atoms with Crippen molar-refractivity contribution in [1.82, 2.24) is 0 Å². The molecule has 0 aromatic carbocycles. The number of carbonyl (C=O) groups excluding carboxylic acids is 6. The SMILES string of the molecule is [2H]C(=C1C(=O)OC(=O)OC1=O)c1ccc(-c2cc3c(s2)-c2sc(-c4ccc(C([2H])=C5C(=O)OC(=O)OC5=O)s4)cc2C3(C)C)s1. The molecule has 4 aromatic rings. The Labute approximate surface area is 260 Å². The molecule has 2 aliphatic heterocycles. The first-order valence-electron chi connectivity index (χ1n) is 13.2. The van der Waals surface area contributed by atoms with Crippen LogP contribution in [0.3, 0.4) is 0 Å². The number of hydrogen-bond donors (Lipinski definition) is 0. The normalized spacial score (nSPS) is 17.9. The average molecular weight is 653 g/mol.